The van der Waals surface area contributed by atoms with E-state index in [1.807, 2.05) is 14.0 Å². The molecule has 11 nitrogen and oxygen atoms in total. The Morgan fingerprint density at radius 2 is 0.598 bits per heavy atom. The van der Waals surface area contributed by atoms with Crippen molar-refractivity contribution in [3.63, 3.8) is 0 Å². The van der Waals surface area contributed by atoms with Crippen molar-refractivity contribution in [2.24, 2.45) is 54.1 Å². The molecule has 0 aliphatic heterocycles. The van der Waals surface area contributed by atoms with Gasteiger partial charge in [0, 0.05) is 86.7 Å². The summed E-state index contributed by atoms with van der Waals surface area (Å²) in [5.41, 5.74) is 8.46. The summed E-state index contributed by atoms with van der Waals surface area (Å²) in [7, 11) is 0. The van der Waals surface area contributed by atoms with E-state index in [1.54, 1.807) is 0 Å². The van der Waals surface area contributed by atoms with Gasteiger partial charge in [0.1, 0.15) is 0 Å². The van der Waals surface area contributed by atoms with Crippen molar-refractivity contribution < 1.29 is 4.79 Å². The van der Waals surface area contributed by atoms with Gasteiger partial charge in [-0.2, -0.15) is 0 Å². The predicted molar refractivity (Wildman–Crippen MR) is 468 cm³/mol. The first-order chi connectivity index (χ1) is 49.1. The van der Waals surface area contributed by atoms with E-state index in [1.165, 1.54) is 165 Å². The Bertz CT molecular complexity index is 2960. The second kappa shape index (κ2) is 53.9. The summed E-state index contributed by atoms with van der Waals surface area (Å²) in [6, 6.07) is 0. The molecule has 11 heteroatoms. The van der Waals surface area contributed by atoms with Crippen molar-refractivity contribution in [3.8, 4) is 35.5 Å². The summed E-state index contributed by atoms with van der Waals surface area (Å²) in [6.07, 6.45) is 48.8. The maximum Gasteiger partial charge on any atom is 0.220 e. The zero-order valence-corrected chi connectivity index (χ0v) is 76.7. The van der Waals surface area contributed by atoms with Crippen molar-refractivity contribution in [2.45, 2.75) is 452 Å². The number of allylic oxidation sites excluding steroid dienone is 2. The van der Waals surface area contributed by atoms with E-state index in [2.05, 4.69) is 311 Å². The first-order valence-electron chi connectivity index (χ1n) is 42.9. The molecule has 0 fully saturated rings. The summed E-state index contributed by atoms with van der Waals surface area (Å²) in [4.78, 5) is 11.7. The fourth-order valence-electron chi connectivity index (χ4n) is 11.3. The zero-order valence-electron chi connectivity index (χ0n) is 76.7. The highest BCUT2D eigenvalue weighted by Gasteiger charge is 2.20. The summed E-state index contributed by atoms with van der Waals surface area (Å²) in [6.45, 7) is 78.5. The lowest BCUT2D eigenvalue weighted by atomic mass is 9.84. The molecular weight excluding hydrogens is 1310 g/mol. The maximum atomic E-state index is 11.7. The standard InChI is InChI=1S/C22H43NO.C20H40.C19H33N3.C18H31N3.C17H29N3/c1-19(22(5,6)7)16-14-12-10-8-9-11-13-15-17-23-20(24)18-21(2,3)4;1-18(20(5,6)7)16-14-12-10-8-9-11-13-15-17-19(2,3)4;1-18(2,3)13-11-9-7-8-10-12-14-22-16-17(20-21-22)15-19(4,5)6;1-17(2,3)12-10-8-7-9-11-13-21-15-16(19-20-21)14-18(4,5)6;1-16(2,3)11-9-7-8-10-12-20-14-15(18-19-20)13-17(4,5)6/h1,8-18H2,2-7H3,(H,23,24);1,8-17H2,2-7H3;16H,7-10,12,14-15H2,1-6H3;15H,7-9,11,13-14H2,1-6H3;14H,7-8,10,12-13H2,1-6H3. The average Bonchev–Trinajstić information content (AvgIpc) is 1.77. The van der Waals surface area contributed by atoms with Crippen LogP contribution >= 0.6 is 0 Å². The fourth-order valence-corrected chi connectivity index (χ4v) is 11.3. The molecule has 0 spiro atoms. The lowest BCUT2D eigenvalue weighted by Crippen LogP contribution is -2.28. The molecule has 1 amide bonds. The molecule has 107 heavy (non-hydrogen) atoms. The minimum absolute atomic E-state index is 0.0866. The van der Waals surface area contributed by atoms with Crippen LogP contribution in [0.5, 0.6) is 0 Å². The number of aromatic nitrogens is 9. The van der Waals surface area contributed by atoms with Crippen molar-refractivity contribution in [2.75, 3.05) is 6.54 Å². The fraction of sp³-hybridized carbons (Fsp3) is 0.823. The smallest absolute Gasteiger partial charge is 0.220 e. The summed E-state index contributed by atoms with van der Waals surface area (Å²) in [5, 5.41) is 28.4. The van der Waals surface area contributed by atoms with Crippen LogP contribution in [0, 0.1) is 89.7 Å². The first-order valence-corrected chi connectivity index (χ1v) is 42.9. The largest absolute Gasteiger partial charge is 0.356 e. The van der Waals surface area contributed by atoms with Gasteiger partial charge in [0.15, 0.2) is 0 Å². The summed E-state index contributed by atoms with van der Waals surface area (Å²) >= 11 is 0. The quantitative estimate of drug-likeness (QED) is 0.0342. The number of carbonyl (C=O) groups excluding carboxylic acids is 1. The third-order valence-electron chi connectivity index (χ3n) is 17.5. The molecule has 0 atom stereocenters. The van der Waals surface area contributed by atoms with Gasteiger partial charge in [-0.25, -0.2) is 0 Å². The molecule has 1 N–H and O–H groups in total. The Morgan fingerprint density at radius 3 is 0.888 bits per heavy atom. The Morgan fingerprint density at radius 1 is 0.336 bits per heavy atom. The molecule has 0 aliphatic carbocycles. The molecule has 3 rings (SSSR count). The lowest BCUT2D eigenvalue weighted by molar-refractivity contribution is -0.122. The number of nitrogens with zero attached hydrogens (tertiary/aromatic N) is 9. The number of carbonyl (C=O) groups is 1. The van der Waals surface area contributed by atoms with Crippen molar-refractivity contribution in [1.82, 2.24) is 50.3 Å². The summed E-state index contributed by atoms with van der Waals surface area (Å²) in [5.74, 6) is 19.8. The summed E-state index contributed by atoms with van der Waals surface area (Å²) < 4.78 is 5.92. The van der Waals surface area contributed by atoms with Crippen molar-refractivity contribution >= 4 is 5.91 Å². The molecule has 3 heterocycles. The Hall–Kier alpha value is -4.95. The van der Waals surface area contributed by atoms with E-state index in [4.69, 9.17) is 0 Å². The van der Waals surface area contributed by atoms with E-state index in [0.717, 1.165) is 107 Å². The number of hydrogen-bond acceptors (Lipinski definition) is 7. The van der Waals surface area contributed by atoms with Gasteiger partial charge in [-0.1, -0.05) is 306 Å². The van der Waals surface area contributed by atoms with Crippen LogP contribution in [0.25, 0.3) is 0 Å². The number of amides is 1. The molecule has 0 unspecified atom stereocenters. The van der Waals surface area contributed by atoms with Crippen LogP contribution in [0.3, 0.4) is 0 Å². The SMILES string of the molecule is C=C(CCCCCCCCCCC(C)(C)C)C(C)(C)C.C=C(CCCCCCCCCCNC(=O)CC(C)(C)C)C(C)(C)C.CC(C)(C)C#CCCCCCCn1cc(CC(C)(C)C)nn1.CC(C)(C)C#CCCCCCn1cc(CC(C)(C)C)nn1.CC(C)(C)C#CCCCCn1cc(CC(C)(C)C)nn1. The van der Waals surface area contributed by atoms with E-state index < -0.39 is 0 Å². The normalized spacial score (nSPS) is 12.2. The van der Waals surface area contributed by atoms with Crippen molar-refractivity contribution in [1.29, 1.82) is 0 Å². The lowest BCUT2D eigenvalue weighted by Gasteiger charge is -2.21. The highest BCUT2D eigenvalue weighted by Crippen LogP contribution is 2.30. The second-order valence-corrected chi connectivity index (χ2v) is 42.5. The molecule has 0 aliphatic rings. The minimum atomic E-state index is 0.0866. The van der Waals surface area contributed by atoms with E-state index in [9.17, 15) is 4.79 Å². The molecule has 0 saturated carbocycles. The van der Waals surface area contributed by atoms with Gasteiger partial charge in [0.2, 0.25) is 5.91 Å². The predicted octanol–water partition coefficient (Wildman–Crippen LogP) is 27.6. The molecule has 0 radical (unpaired) electrons. The van der Waals surface area contributed by atoms with Gasteiger partial charge in [-0.05, 0) is 197 Å². The van der Waals surface area contributed by atoms with Crippen molar-refractivity contribution in [3.05, 3.63) is 60.0 Å². The number of nitrogens with one attached hydrogen (secondary N) is 1. The second-order valence-electron chi connectivity index (χ2n) is 42.5. The third kappa shape index (κ3) is 74.9. The molecule has 0 aromatic carbocycles. The van der Waals surface area contributed by atoms with Gasteiger partial charge in [-0.3, -0.25) is 18.8 Å². The van der Waals surface area contributed by atoms with Crippen LogP contribution in [0.1, 0.15) is 430 Å². The Kier molecular flexibility index (Phi) is 52.4. The Labute approximate surface area is 665 Å². The van der Waals surface area contributed by atoms with Gasteiger partial charge in [0.05, 0.1) is 17.1 Å². The monoisotopic (exact) mass is 1490 g/mol. The molecule has 3 aromatic heterocycles. The van der Waals surface area contributed by atoms with Crippen LogP contribution in [0.15, 0.2) is 42.9 Å². The molecule has 0 saturated heterocycles. The molecule has 616 valence electrons. The van der Waals surface area contributed by atoms with Crippen LogP contribution < -0.4 is 5.32 Å². The first kappa shape index (κ1) is 104. The molecule has 0 bridgehead atoms. The van der Waals surface area contributed by atoms with E-state index >= 15 is 0 Å². The average molecular weight is 1490 g/mol. The highest BCUT2D eigenvalue weighted by molar-refractivity contribution is 5.76. The maximum absolute atomic E-state index is 11.7. The van der Waals surface area contributed by atoms with Gasteiger partial charge in [-0.15, -0.1) is 33.1 Å². The highest BCUT2D eigenvalue weighted by atomic mass is 16.1. The Balaban J connectivity index is 0. The number of hydrogen-bond donors (Lipinski definition) is 1. The number of aryl methyl sites for hydroxylation is 3. The van der Waals surface area contributed by atoms with E-state index in [0.29, 0.717) is 17.3 Å². The van der Waals surface area contributed by atoms with Gasteiger partial charge >= 0.3 is 0 Å². The zero-order chi connectivity index (χ0) is 82.1. The number of unbranched alkanes of at least 4 members (excludes halogenated alkanes) is 23. The topological polar surface area (TPSA) is 121 Å². The molecular formula is C96H176N10O. The van der Waals surface area contributed by atoms with Gasteiger partial charge < -0.3 is 5.32 Å². The van der Waals surface area contributed by atoms with Crippen LogP contribution in [-0.4, -0.2) is 57.4 Å². The van der Waals surface area contributed by atoms with E-state index in [-0.39, 0.29) is 49.2 Å². The van der Waals surface area contributed by atoms with Gasteiger partial charge in [0.25, 0.3) is 0 Å². The third-order valence-corrected chi connectivity index (χ3v) is 17.5. The van der Waals surface area contributed by atoms with Crippen LogP contribution in [-0.2, 0) is 43.7 Å². The minimum Gasteiger partial charge on any atom is -0.356 e. The van der Waals surface area contributed by atoms with Crippen LogP contribution in [0.4, 0.5) is 0 Å². The van der Waals surface area contributed by atoms with Crippen LogP contribution in [0.2, 0.25) is 0 Å². The molecule has 3 aromatic rings. The number of rotatable bonds is 40.